The molecule has 0 spiro atoms. The molecular weight excluding hydrogens is 272 g/mol. The second-order valence-electron chi connectivity index (χ2n) is 5.98. The van der Waals surface area contributed by atoms with Crippen molar-refractivity contribution in [2.45, 2.75) is 19.4 Å². The van der Waals surface area contributed by atoms with Gasteiger partial charge in [-0.25, -0.2) is 0 Å². The van der Waals surface area contributed by atoms with Crippen molar-refractivity contribution in [3.63, 3.8) is 0 Å². The summed E-state index contributed by atoms with van der Waals surface area (Å²) in [6.07, 6.45) is 1.05. The van der Waals surface area contributed by atoms with Crippen molar-refractivity contribution in [3.05, 3.63) is 64.8 Å². The Hall–Kier alpha value is -2.26. The van der Waals surface area contributed by atoms with Crippen molar-refractivity contribution in [2.24, 2.45) is 0 Å². The van der Waals surface area contributed by atoms with Crippen LogP contribution in [0.2, 0.25) is 0 Å². The molecule has 3 nitrogen and oxygen atoms in total. The van der Waals surface area contributed by atoms with E-state index in [0.29, 0.717) is 0 Å². The number of rotatable bonds is 2. The molecule has 1 unspecified atom stereocenters. The first-order chi connectivity index (χ1) is 10.8. The van der Waals surface area contributed by atoms with E-state index in [2.05, 4.69) is 53.6 Å². The van der Waals surface area contributed by atoms with Crippen LogP contribution >= 0.6 is 0 Å². The molecule has 0 bridgehead atoms. The van der Waals surface area contributed by atoms with Crippen LogP contribution in [0.3, 0.4) is 0 Å². The molecule has 0 radical (unpaired) electrons. The molecule has 2 aromatic carbocycles. The Kier molecular flexibility index (Phi) is 3.16. The first kappa shape index (κ1) is 13.4. The second-order valence-corrected chi connectivity index (χ2v) is 5.98. The van der Waals surface area contributed by atoms with Crippen LogP contribution < -0.4 is 10.1 Å². The number of benzene rings is 2. The third kappa shape index (κ3) is 2.09. The number of aromatic nitrogens is 1. The maximum atomic E-state index is 5.38. The number of ether oxygens (including phenoxy) is 1. The largest absolute Gasteiger partial charge is 0.497 e. The van der Waals surface area contributed by atoms with E-state index in [1.807, 2.05) is 6.07 Å². The van der Waals surface area contributed by atoms with E-state index in [-0.39, 0.29) is 6.04 Å². The van der Waals surface area contributed by atoms with Crippen molar-refractivity contribution in [3.8, 4) is 5.75 Å². The number of H-pyrrole nitrogens is 1. The summed E-state index contributed by atoms with van der Waals surface area (Å²) in [7, 11) is 1.72. The molecule has 0 fully saturated rings. The van der Waals surface area contributed by atoms with Gasteiger partial charge in [-0.3, -0.25) is 0 Å². The van der Waals surface area contributed by atoms with Gasteiger partial charge < -0.3 is 15.0 Å². The van der Waals surface area contributed by atoms with Gasteiger partial charge in [-0.2, -0.15) is 0 Å². The van der Waals surface area contributed by atoms with Crippen LogP contribution in [0, 0.1) is 6.92 Å². The average Bonchev–Trinajstić information content (AvgIpc) is 2.92. The number of aryl methyl sites for hydroxylation is 1. The maximum Gasteiger partial charge on any atom is 0.119 e. The van der Waals surface area contributed by atoms with Crippen LogP contribution in [0.15, 0.2) is 42.5 Å². The topological polar surface area (TPSA) is 37.0 Å². The van der Waals surface area contributed by atoms with E-state index in [4.69, 9.17) is 4.74 Å². The van der Waals surface area contributed by atoms with Crippen LogP contribution in [-0.4, -0.2) is 18.6 Å². The molecule has 3 aromatic rings. The maximum absolute atomic E-state index is 5.38. The van der Waals surface area contributed by atoms with Crippen molar-refractivity contribution in [2.75, 3.05) is 13.7 Å². The fourth-order valence-corrected chi connectivity index (χ4v) is 3.47. The normalized spacial score (nSPS) is 17.5. The second kappa shape index (κ2) is 5.18. The fourth-order valence-electron chi connectivity index (χ4n) is 3.47. The number of aromatic amines is 1. The minimum atomic E-state index is 0.238. The zero-order valence-corrected chi connectivity index (χ0v) is 12.9. The lowest BCUT2D eigenvalue weighted by Gasteiger charge is -2.25. The van der Waals surface area contributed by atoms with Gasteiger partial charge in [-0.1, -0.05) is 29.8 Å². The lowest BCUT2D eigenvalue weighted by Crippen LogP contribution is -2.30. The monoisotopic (exact) mass is 292 g/mol. The van der Waals surface area contributed by atoms with E-state index in [0.717, 1.165) is 18.7 Å². The molecule has 0 saturated heterocycles. The summed E-state index contributed by atoms with van der Waals surface area (Å²) >= 11 is 0. The Balaban J connectivity index is 1.87. The molecule has 22 heavy (non-hydrogen) atoms. The van der Waals surface area contributed by atoms with Crippen LogP contribution in [0.25, 0.3) is 10.9 Å². The third-order valence-electron chi connectivity index (χ3n) is 4.53. The highest BCUT2D eigenvalue weighted by Crippen LogP contribution is 2.35. The lowest BCUT2D eigenvalue weighted by molar-refractivity contribution is 0.415. The smallest absolute Gasteiger partial charge is 0.119 e. The Bertz CT molecular complexity index is 835. The van der Waals surface area contributed by atoms with Gasteiger partial charge in [-0.05, 0) is 42.7 Å². The molecule has 0 amide bonds. The van der Waals surface area contributed by atoms with Crippen LogP contribution in [-0.2, 0) is 6.42 Å². The molecule has 4 rings (SSSR count). The van der Waals surface area contributed by atoms with Crippen molar-refractivity contribution in [1.82, 2.24) is 10.3 Å². The van der Waals surface area contributed by atoms with Gasteiger partial charge in [0, 0.05) is 23.1 Å². The summed E-state index contributed by atoms with van der Waals surface area (Å²) in [4.78, 5) is 3.62. The number of hydrogen-bond acceptors (Lipinski definition) is 2. The van der Waals surface area contributed by atoms with E-state index < -0.39 is 0 Å². The zero-order chi connectivity index (χ0) is 15.1. The first-order valence-corrected chi connectivity index (χ1v) is 7.74. The summed E-state index contributed by atoms with van der Waals surface area (Å²) in [5.41, 5.74) is 6.51. The summed E-state index contributed by atoms with van der Waals surface area (Å²) in [5, 5.41) is 4.93. The van der Waals surface area contributed by atoms with E-state index in [9.17, 15) is 0 Å². The van der Waals surface area contributed by atoms with Crippen LogP contribution in [0.1, 0.15) is 28.4 Å². The summed E-state index contributed by atoms with van der Waals surface area (Å²) in [6.45, 7) is 3.14. The Morgan fingerprint density at radius 2 is 2.05 bits per heavy atom. The van der Waals surface area contributed by atoms with E-state index in [1.165, 1.54) is 33.3 Å². The standard InChI is InChI=1S/C19H20N2O/c1-12-4-3-5-13(10-12)18-19-15(8-9-20-18)16-11-14(22-2)6-7-17(16)21-19/h3-7,10-11,18,20-21H,8-9H2,1-2H3. The van der Waals surface area contributed by atoms with Gasteiger partial charge in [0.05, 0.1) is 13.2 Å². The molecule has 1 atom stereocenters. The highest BCUT2D eigenvalue weighted by Gasteiger charge is 2.25. The SMILES string of the molecule is COc1ccc2[nH]c3c(c2c1)CCNC3c1cccc(C)c1. The number of hydrogen-bond donors (Lipinski definition) is 2. The third-order valence-corrected chi connectivity index (χ3v) is 4.53. The molecule has 3 heteroatoms. The van der Waals surface area contributed by atoms with Crippen molar-refractivity contribution in [1.29, 1.82) is 0 Å². The molecule has 2 N–H and O–H groups in total. The first-order valence-electron chi connectivity index (χ1n) is 7.74. The van der Waals surface area contributed by atoms with Gasteiger partial charge in [0.1, 0.15) is 5.75 Å². The summed E-state index contributed by atoms with van der Waals surface area (Å²) < 4.78 is 5.38. The molecule has 2 heterocycles. The molecule has 0 saturated carbocycles. The van der Waals surface area contributed by atoms with Gasteiger partial charge in [0.15, 0.2) is 0 Å². The van der Waals surface area contributed by atoms with Gasteiger partial charge in [-0.15, -0.1) is 0 Å². The molecule has 1 aliphatic rings. The van der Waals surface area contributed by atoms with Gasteiger partial charge in [0.2, 0.25) is 0 Å². The number of nitrogens with one attached hydrogen (secondary N) is 2. The lowest BCUT2D eigenvalue weighted by atomic mass is 9.93. The van der Waals surface area contributed by atoms with Crippen molar-refractivity contribution < 1.29 is 4.74 Å². The quantitative estimate of drug-likeness (QED) is 0.755. The van der Waals surface area contributed by atoms with E-state index >= 15 is 0 Å². The molecule has 1 aromatic heterocycles. The summed E-state index contributed by atoms with van der Waals surface area (Å²) in [5.74, 6) is 0.917. The molecule has 1 aliphatic heterocycles. The minimum absolute atomic E-state index is 0.238. The highest BCUT2D eigenvalue weighted by molar-refractivity contribution is 5.86. The fraction of sp³-hybridized carbons (Fsp3) is 0.263. The molecular formula is C19H20N2O. The Labute approximate surface area is 130 Å². The predicted octanol–water partition coefficient (Wildman–Crippen LogP) is 3.72. The summed E-state index contributed by atoms with van der Waals surface area (Å²) in [6, 6.07) is 15.2. The average molecular weight is 292 g/mol. The Morgan fingerprint density at radius 1 is 1.14 bits per heavy atom. The molecule has 112 valence electrons. The predicted molar refractivity (Wildman–Crippen MR) is 89.6 cm³/mol. The van der Waals surface area contributed by atoms with Gasteiger partial charge in [0.25, 0.3) is 0 Å². The minimum Gasteiger partial charge on any atom is -0.497 e. The van der Waals surface area contributed by atoms with E-state index in [1.54, 1.807) is 7.11 Å². The van der Waals surface area contributed by atoms with Crippen LogP contribution in [0.4, 0.5) is 0 Å². The molecule has 0 aliphatic carbocycles. The number of methoxy groups -OCH3 is 1. The number of fused-ring (bicyclic) bond motifs is 3. The van der Waals surface area contributed by atoms with Crippen LogP contribution in [0.5, 0.6) is 5.75 Å². The van der Waals surface area contributed by atoms with Gasteiger partial charge >= 0.3 is 0 Å². The van der Waals surface area contributed by atoms with Crippen molar-refractivity contribution >= 4 is 10.9 Å². The highest BCUT2D eigenvalue weighted by atomic mass is 16.5. The zero-order valence-electron chi connectivity index (χ0n) is 12.9. The Morgan fingerprint density at radius 3 is 2.86 bits per heavy atom.